The van der Waals surface area contributed by atoms with Gasteiger partial charge in [0, 0.05) is 55.7 Å². The zero-order chi connectivity index (χ0) is 24.1. The molecule has 3 aliphatic carbocycles. The molecule has 1 heterocycles. The van der Waals surface area contributed by atoms with Crippen molar-refractivity contribution in [3.63, 3.8) is 0 Å². The van der Waals surface area contributed by atoms with Gasteiger partial charge in [-0.2, -0.15) is 0 Å². The summed E-state index contributed by atoms with van der Waals surface area (Å²) in [5.41, 5.74) is 2.75. The normalized spacial score (nSPS) is 36.9. The number of piperidine rings is 1. The first-order valence-corrected chi connectivity index (χ1v) is 13.6. The fourth-order valence-electron chi connectivity index (χ4n) is 8.53. The van der Waals surface area contributed by atoms with Gasteiger partial charge in [-0.15, -0.1) is 0 Å². The molecule has 0 radical (unpaired) electrons. The molecule has 184 valence electrons. The van der Waals surface area contributed by atoms with Crippen LogP contribution < -0.4 is 0 Å². The molecule has 1 aromatic carbocycles. The van der Waals surface area contributed by atoms with E-state index in [-0.39, 0.29) is 22.5 Å². The van der Waals surface area contributed by atoms with Gasteiger partial charge in [0.05, 0.1) is 0 Å². The molecule has 1 amide bonds. The average Bonchev–Trinajstić information content (AvgIpc) is 3.19. The second-order valence-electron chi connectivity index (χ2n) is 11.8. The largest absolute Gasteiger partial charge is 0.370 e. The molecule has 4 nitrogen and oxygen atoms in total. The van der Waals surface area contributed by atoms with Crippen LogP contribution in [0, 0.1) is 34.5 Å². The van der Waals surface area contributed by atoms with E-state index in [0.29, 0.717) is 30.1 Å². The predicted molar refractivity (Wildman–Crippen MR) is 136 cm³/mol. The van der Waals surface area contributed by atoms with Crippen LogP contribution in [0.25, 0.3) is 0 Å². The summed E-state index contributed by atoms with van der Waals surface area (Å²) >= 11 is 0. The topological polar surface area (TPSA) is 40.6 Å². The second kappa shape index (κ2) is 8.84. The van der Waals surface area contributed by atoms with Gasteiger partial charge in [0.1, 0.15) is 0 Å². The monoisotopic (exact) mass is 462 g/mol. The van der Waals surface area contributed by atoms with Crippen molar-refractivity contribution in [1.29, 1.82) is 0 Å². The number of nitrogens with zero attached hydrogens (tertiary/aromatic N) is 2. The molecule has 0 unspecified atom stereocenters. The number of allylic oxidation sites excluding steroid dienone is 2. The molecule has 4 aliphatic rings. The van der Waals surface area contributed by atoms with E-state index in [1.807, 2.05) is 6.08 Å². The van der Waals surface area contributed by atoms with Gasteiger partial charge in [-0.25, -0.2) is 0 Å². The van der Waals surface area contributed by atoms with Gasteiger partial charge >= 0.3 is 0 Å². The summed E-state index contributed by atoms with van der Waals surface area (Å²) in [7, 11) is 0. The number of hydrogen-bond acceptors (Lipinski definition) is 3. The third-order valence-electron chi connectivity index (χ3n) is 10.4. The van der Waals surface area contributed by atoms with E-state index in [1.54, 1.807) is 0 Å². The molecule has 1 saturated heterocycles. The lowest BCUT2D eigenvalue weighted by Gasteiger charge is -2.61. The second-order valence-corrected chi connectivity index (χ2v) is 11.8. The zero-order valence-electron chi connectivity index (χ0n) is 21.6. The Bertz CT molecular complexity index is 967. The van der Waals surface area contributed by atoms with E-state index in [2.05, 4.69) is 67.8 Å². The minimum Gasteiger partial charge on any atom is -0.370 e. The number of ketones is 1. The Morgan fingerprint density at radius 3 is 2.47 bits per heavy atom. The van der Waals surface area contributed by atoms with E-state index >= 15 is 0 Å². The number of amides is 1. The van der Waals surface area contributed by atoms with Crippen molar-refractivity contribution in [3.05, 3.63) is 47.7 Å². The smallest absolute Gasteiger partial charge is 0.226 e. The van der Waals surface area contributed by atoms with Crippen molar-refractivity contribution in [2.45, 2.75) is 72.8 Å². The maximum absolute atomic E-state index is 13.5. The molecule has 0 spiro atoms. The Balaban J connectivity index is 1.48. The molecule has 0 N–H and O–H groups in total. The van der Waals surface area contributed by atoms with Crippen LogP contribution in [0.1, 0.15) is 71.8 Å². The lowest BCUT2D eigenvalue weighted by Crippen LogP contribution is -2.58. The molecule has 0 aromatic heterocycles. The molecule has 3 fully saturated rings. The standard InChI is InChI=1S/C30H42N2O2/c1-5-31(6-2)28(34)26-13-12-24-23-20-32(19-21-10-8-7-9-11-21)27-18-22(33)14-16-30(27,4)25(23)15-17-29(24,26)3/h7-11,18,23-26H,5-6,12-17,19-20H2,1-4H3/t23-,24-,25-,26+,29-,30+/m0/s1. The summed E-state index contributed by atoms with van der Waals surface area (Å²) in [6, 6.07) is 10.7. The van der Waals surface area contributed by atoms with Crippen molar-refractivity contribution in [1.82, 2.24) is 9.80 Å². The van der Waals surface area contributed by atoms with E-state index in [9.17, 15) is 9.59 Å². The summed E-state index contributed by atoms with van der Waals surface area (Å²) in [4.78, 5) is 30.7. The van der Waals surface area contributed by atoms with Crippen LogP contribution in [0.4, 0.5) is 0 Å². The van der Waals surface area contributed by atoms with E-state index in [4.69, 9.17) is 0 Å². The summed E-state index contributed by atoms with van der Waals surface area (Å²) in [5.74, 6) is 2.63. The van der Waals surface area contributed by atoms with Crippen LogP contribution in [0.15, 0.2) is 42.1 Å². The SMILES string of the molecule is CCN(CC)C(=O)[C@H]1CC[C@H]2[C@@H]3CN(Cc4ccccc4)C4=CC(=O)CC[C@]4(C)[C@H]3CC[C@]12C. The average molecular weight is 463 g/mol. The highest BCUT2D eigenvalue weighted by atomic mass is 16.2. The highest BCUT2D eigenvalue weighted by Crippen LogP contribution is 2.65. The van der Waals surface area contributed by atoms with Crippen LogP contribution in [0.2, 0.25) is 0 Å². The lowest BCUT2D eigenvalue weighted by atomic mass is 9.49. The first-order chi connectivity index (χ1) is 16.3. The van der Waals surface area contributed by atoms with Gasteiger partial charge in [0.2, 0.25) is 5.91 Å². The number of carbonyl (C=O) groups excluding carboxylic acids is 2. The Morgan fingerprint density at radius 2 is 1.76 bits per heavy atom. The van der Waals surface area contributed by atoms with Gasteiger partial charge < -0.3 is 9.80 Å². The number of fused-ring (bicyclic) bond motifs is 5. The summed E-state index contributed by atoms with van der Waals surface area (Å²) in [6.45, 7) is 12.6. The minimum atomic E-state index is 0.0634. The lowest BCUT2D eigenvalue weighted by molar-refractivity contribution is -0.144. The number of rotatable bonds is 5. The summed E-state index contributed by atoms with van der Waals surface area (Å²) < 4.78 is 0. The summed E-state index contributed by atoms with van der Waals surface area (Å²) in [6.07, 6.45) is 8.16. The van der Waals surface area contributed by atoms with E-state index < -0.39 is 0 Å². The van der Waals surface area contributed by atoms with Crippen LogP contribution in [-0.2, 0) is 16.1 Å². The highest BCUT2D eigenvalue weighted by Gasteiger charge is 2.61. The minimum absolute atomic E-state index is 0.0634. The van der Waals surface area contributed by atoms with Gasteiger partial charge in [-0.3, -0.25) is 9.59 Å². The number of likely N-dealkylation sites (tertiary alicyclic amines) is 1. The van der Waals surface area contributed by atoms with E-state index in [1.165, 1.54) is 24.1 Å². The molecule has 4 heteroatoms. The quantitative estimate of drug-likeness (QED) is 0.565. The first-order valence-electron chi connectivity index (χ1n) is 13.6. The van der Waals surface area contributed by atoms with Crippen LogP contribution in [0.5, 0.6) is 0 Å². The predicted octanol–water partition coefficient (Wildman–Crippen LogP) is 5.68. The molecular weight excluding hydrogens is 420 g/mol. The molecule has 5 rings (SSSR count). The van der Waals surface area contributed by atoms with Gasteiger partial charge in [0.15, 0.2) is 5.78 Å². The molecule has 2 saturated carbocycles. The van der Waals surface area contributed by atoms with Crippen molar-refractivity contribution in [3.8, 4) is 0 Å². The maximum atomic E-state index is 13.5. The Labute approximate surface area is 205 Å². The Kier molecular flexibility index (Phi) is 6.14. The first kappa shape index (κ1) is 23.6. The summed E-state index contributed by atoms with van der Waals surface area (Å²) in [5, 5.41) is 0. The molecule has 0 bridgehead atoms. The van der Waals surface area contributed by atoms with Gasteiger partial charge in [0.25, 0.3) is 0 Å². The van der Waals surface area contributed by atoms with Crippen LogP contribution >= 0.6 is 0 Å². The van der Waals surface area contributed by atoms with E-state index in [0.717, 1.165) is 45.4 Å². The van der Waals surface area contributed by atoms with Crippen molar-refractivity contribution in [2.24, 2.45) is 34.5 Å². The fourth-order valence-corrected chi connectivity index (χ4v) is 8.53. The number of carbonyl (C=O) groups is 2. The molecule has 1 aromatic rings. The number of benzene rings is 1. The van der Waals surface area contributed by atoms with Crippen molar-refractivity contribution in [2.75, 3.05) is 19.6 Å². The van der Waals surface area contributed by atoms with Gasteiger partial charge in [-0.05, 0) is 74.7 Å². The zero-order valence-corrected chi connectivity index (χ0v) is 21.6. The molecule has 6 atom stereocenters. The van der Waals surface area contributed by atoms with Crippen LogP contribution in [0.3, 0.4) is 0 Å². The molecule has 34 heavy (non-hydrogen) atoms. The molecular formula is C30H42N2O2. The Morgan fingerprint density at radius 1 is 1.03 bits per heavy atom. The number of hydrogen-bond donors (Lipinski definition) is 0. The van der Waals surface area contributed by atoms with Crippen LogP contribution in [-0.4, -0.2) is 41.1 Å². The third kappa shape index (κ3) is 3.63. The van der Waals surface area contributed by atoms with Gasteiger partial charge in [-0.1, -0.05) is 44.2 Å². The highest BCUT2D eigenvalue weighted by molar-refractivity contribution is 5.91. The Hall–Kier alpha value is -2.10. The molecule has 1 aliphatic heterocycles. The fraction of sp³-hybridized carbons (Fsp3) is 0.667. The van der Waals surface area contributed by atoms with Crippen molar-refractivity contribution >= 4 is 11.7 Å². The maximum Gasteiger partial charge on any atom is 0.226 e. The van der Waals surface area contributed by atoms with Crippen molar-refractivity contribution < 1.29 is 9.59 Å². The third-order valence-corrected chi connectivity index (χ3v) is 10.4.